The molecule has 1 rings (SSSR count). The number of hydrogen-bond donors (Lipinski definition) is 3. The van der Waals surface area contributed by atoms with Gasteiger partial charge in [0.1, 0.15) is 0 Å². The molecule has 0 aliphatic rings. The molecule has 0 saturated carbocycles. The molecule has 1 aromatic carbocycles. The van der Waals surface area contributed by atoms with Gasteiger partial charge < -0.3 is 15.7 Å². The minimum Gasteiger partial charge on any atom is -0.396 e. The lowest BCUT2D eigenvalue weighted by Crippen LogP contribution is -2.41. The SMILES string of the molecule is C[C@H](CCO)NC(=O)C(=O)Nc1cccc(Cl)c1F. The third-order valence-corrected chi connectivity index (χ3v) is 2.64. The fraction of sp³-hybridized carbons (Fsp3) is 0.333. The third-order valence-electron chi connectivity index (χ3n) is 2.35. The van der Waals surface area contributed by atoms with Crippen molar-refractivity contribution in [1.29, 1.82) is 0 Å². The Bertz CT molecular complexity index is 482. The Labute approximate surface area is 114 Å². The molecule has 5 nitrogen and oxygen atoms in total. The molecule has 0 bridgehead atoms. The molecule has 0 aliphatic carbocycles. The van der Waals surface area contributed by atoms with Crippen LogP contribution in [-0.2, 0) is 9.59 Å². The van der Waals surface area contributed by atoms with Crippen LogP contribution < -0.4 is 10.6 Å². The number of anilines is 1. The van der Waals surface area contributed by atoms with Gasteiger partial charge in [-0.1, -0.05) is 17.7 Å². The van der Waals surface area contributed by atoms with Crippen LogP contribution >= 0.6 is 11.6 Å². The van der Waals surface area contributed by atoms with E-state index in [4.69, 9.17) is 16.7 Å². The molecule has 1 atom stereocenters. The highest BCUT2D eigenvalue weighted by Crippen LogP contribution is 2.21. The Morgan fingerprint density at radius 3 is 2.74 bits per heavy atom. The molecule has 0 saturated heterocycles. The molecule has 104 valence electrons. The van der Waals surface area contributed by atoms with Gasteiger partial charge in [-0.3, -0.25) is 9.59 Å². The van der Waals surface area contributed by atoms with Crippen LogP contribution in [0.5, 0.6) is 0 Å². The Morgan fingerprint density at radius 1 is 1.42 bits per heavy atom. The summed E-state index contributed by atoms with van der Waals surface area (Å²) in [4.78, 5) is 23.0. The van der Waals surface area contributed by atoms with Crippen molar-refractivity contribution in [3.8, 4) is 0 Å². The maximum Gasteiger partial charge on any atom is 0.313 e. The maximum absolute atomic E-state index is 13.5. The number of halogens is 2. The highest BCUT2D eigenvalue weighted by atomic mass is 35.5. The number of hydrogen-bond acceptors (Lipinski definition) is 3. The van der Waals surface area contributed by atoms with Crippen molar-refractivity contribution in [1.82, 2.24) is 5.32 Å². The molecule has 0 radical (unpaired) electrons. The molecule has 0 unspecified atom stereocenters. The quantitative estimate of drug-likeness (QED) is 0.731. The van der Waals surface area contributed by atoms with Gasteiger partial charge >= 0.3 is 11.8 Å². The van der Waals surface area contributed by atoms with Crippen LogP contribution in [0.4, 0.5) is 10.1 Å². The van der Waals surface area contributed by atoms with Gasteiger partial charge in [0.05, 0.1) is 10.7 Å². The van der Waals surface area contributed by atoms with E-state index in [1.807, 2.05) is 0 Å². The lowest BCUT2D eigenvalue weighted by Gasteiger charge is -2.12. The first-order chi connectivity index (χ1) is 8.95. The largest absolute Gasteiger partial charge is 0.396 e. The zero-order chi connectivity index (χ0) is 14.4. The zero-order valence-corrected chi connectivity index (χ0v) is 11.0. The molecule has 2 amide bonds. The number of aliphatic hydroxyl groups is 1. The summed E-state index contributed by atoms with van der Waals surface area (Å²) in [6, 6.07) is 3.72. The van der Waals surface area contributed by atoms with Crippen LogP contribution in [0.2, 0.25) is 5.02 Å². The van der Waals surface area contributed by atoms with Crippen molar-refractivity contribution in [2.24, 2.45) is 0 Å². The van der Waals surface area contributed by atoms with Gasteiger partial charge in [-0.2, -0.15) is 0 Å². The monoisotopic (exact) mass is 288 g/mol. The van der Waals surface area contributed by atoms with E-state index in [2.05, 4.69) is 10.6 Å². The van der Waals surface area contributed by atoms with E-state index in [1.165, 1.54) is 18.2 Å². The van der Waals surface area contributed by atoms with Crippen LogP contribution in [0.3, 0.4) is 0 Å². The number of carbonyl (C=O) groups excluding carboxylic acids is 2. The highest BCUT2D eigenvalue weighted by molar-refractivity contribution is 6.40. The van der Waals surface area contributed by atoms with Crippen LogP contribution in [0.15, 0.2) is 18.2 Å². The minimum atomic E-state index is -0.994. The predicted molar refractivity (Wildman–Crippen MR) is 69.3 cm³/mol. The summed E-state index contributed by atoms with van der Waals surface area (Å²) < 4.78 is 13.5. The molecular weight excluding hydrogens is 275 g/mol. The van der Waals surface area contributed by atoms with Crippen molar-refractivity contribution < 1.29 is 19.1 Å². The van der Waals surface area contributed by atoms with E-state index in [9.17, 15) is 14.0 Å². The number of benzene rings is 1. The van der Waals surface area contributed by atoms with Crippen molar-refractivity contribution in [2.75, 3.05) is 11.9 Å². The van der Waals surface area contributed by atoms with Crippen LogP contribution in [0.1, 0.15) is 13.3 Å². The van der Waals surface area contributed by atoms with Crippen molar-refractivity contribution in [3.63, 3.8) is 0 Å². The van der Waals surface area contributed by atoms with Crippen molar-refractivity contribution in [2.45, 2.75) is 19.4 Å². The van der Waals surface area contributed by atoms with Crippen LogP contribution in [-0.4, -0.2) is 29.6 Å². The topological polar surface area (TPSA) is 78.4 Å². The first-order valence-electron chi connectivity index (χ1n) is 5.62. The normalized spacial score (nSPS) is 11.8. The number of amides is 2. The number of nitrogens with one attached hydrogen (secondary N) is 2. The van der Waals surface area contributed by atoms with Gasteiger partial charge in [0.2, 0.25) is 0 Å². The van der Waals surface area contributed by atoms with Crippen LogP contribution in [0, 0.1) is 5.82 Å². The summed E-state index contributed by atoms with van der Waals surface area (Å²) in [6.07, 6.45) is 0.324. The number of rotatable bonds is 4. The summed E-state index contributed by atoms with van der Waals surface area (Å²) in [6.45, 7) is 1.54. The zero-order valence-electron chi connectivity index (χ0n) is 10.2. The van der Waals surface area contributed by atoms with E-state index < -0.39 is 17.6 Å². The van der Waals surface area contributed by atoms with Gasteiger partial charge in [-0.15, -0.1) is 0 Å². The average Bonchev–Trinajstić information content (AvgIpc) is 2.35. The molecule has 0 aliphatic heterocycles. The summed E-state index contributed by atoms with van der Waals surface area (Å²) in [5, 5.41) is 13.0. The van der Waals surface area contributed by atoms with E-state index >= 15 is 0 Å². The minimum absolute atomic E-state index is 0.105. The lowest BCUT2D eigenvalue weighted by molar-refractivity contribution is -0.136. The molecule has 0 fully saturated rings. The molecule has 0 aromatic heterocycles. The second-order valence-corrected chi connectivity index (χ2v) is 4.35. The van der Waals surface area contributed by atoms with Crippen LogP contribution in [0.25, 0.3) is 0 Å². The van der Waals surface area contributed by atoms with Gasteiger partial charge in [0.25, 0.3) is 0 Å². The maximum atomic E-state index is 13.5. The molecule has 1 aromatic rings. The molecule has 3 N–H and O–H groups in total. The lowest BCUT2D eigenvalue weighted by atomic mass is 10.2. The van der Waals surface area contributed by atoms with E-state index in [0.717, 1.165) is 0 Å². The van der Waals surface area contributed by atoms with E-state index in [0.29, 0.717) is 6.42 Å². The van der Waals surface area contributed by atoms with Gasteiger partial charge in [-0.25, -0.2) is 4.39 Å². The second-order valence-electron chi connectivity index (χ2n) is 3.94. The second kappa shape index (κ2) is 7.06. The molecular formula is C12H14ClFN2O3. The average molecular weight is 289 g/mol. The molecule has 7 heteroatoms. The number of aliphatic hydroxyl groups excluding tert-OH is 1. The van der Waals surface area contributed by atoms with Gasteiger partial charge in [-0.05, 0) is 25.5 Å². The first kappa shape index (κ1) is 15.4. The molecule has 19 heavy (non-hydrogen) atoms. The standard InChI is InChI=1S/C12H14ClFN2O3/c1-7(5-6-17)15-11(18)12(19)16-9-4-2-3-8(13)10(9)14/h2-4,7,17H,5-6H2,1H3,(H,15,18)(H,16,19)/t7-/m1/s1. The predicted octanol–water partition coefficient (Wildman–Crippen LogP) is 1.30. The third kappa shape index (κ3) is 4.50. The Morgan fingerprint density at radius 2 is 2.11 bits per heavy atom. The highest BCUT2D eigenvalue weighted by Gasteiger charge is 2.18. The Hall–Kier alpha value is -1.66. The summed E-state index contributed by atoms with van der Waals surface area (Å²) in [7, 11) is 0. The summed E-state index contributed by atoms with van der Waals surface area (Å²) in [5.41, 5.74) is -0.164. The van der Waals surface area contributed by atoms with Gasteiger partial charge in [0, 0.05) is 12.6 Å². The van der Waals surface area contributed by atoms with Gasteiger partial charge in [0.15, 0.2) is 5.82 Å². The van der Waals surface area contributed by atoms with E-state index in [-0.39, 0.29) is 23.4 Å². The van der Waals surface area contributed by atoms with Crippen molar-refractivity contribution in [3.05, 3.63) is 29.0 Å². The Balaban J connectivity index is 2.64. The molecule has 0 spiro atoms. The molecule has 0 heterocycles. The fourth-order valence-corrected chi connectivity index (χ4v) is 1.51. The summed E-state index contributed by atoms with van der Waals surface area (Å²) >= 11 is 5.55. The summed E-state index contributed by atoms with van der Waals surface area (Å²) in [5.74, 6) is -2.69. The van der Waals surface area contributed by atoms with Crippen molar-refractivity contribution >= 4 is 29.1 Å². The fourth-order valence-electron chi connectivity index (χ4n) is 1.33. The Kier molecular flexibility index (Phi) is 5.72. The smallest absolute Gasteiger partial charge is 0.313 e. The first-order valence-corrected chi connectivity index (χ1v) is 6.00. The number of carbonyl (C=O) groups is 2. The van der Waals surface area contributed by atoms with E-state index in [1.54, 1.807) is 6.92 Å².